The molecule has 23 heavy (non-hydrogen) atoms. The second-order valence-electron chi connectivity index (χ2n) is 5.88. The van der Waals surface area contributed by atoms with E-state index < -0.39 is 0 Å². The predicted octanol–water partition coefficient (Wildman–Crippen LogP) is 2.52. The number of hydrogen-bond acceptors (Lipinski definition) is 5. The van der Waals surface area contributed by atoms with Crippen molar-refractivity contribution in [2.24, 2.45) is 16.6 Å². The van der Waals surface area contributed by atoms with Gasteiger partial charge in [0.2, 0.25) is 0 Å². The van der Waals surface area contributed by atoms with Crippen molar-refractivity contribution in [1.82, 2.24) is 9.88 Å². The molecule has 7 heteroatoms. The third kappa shape index (κ3) is 4.45. The average molecular weight is 350 g/mol. The number of aliphatic imine (C=N–C) groups is 1. The highest BCUT2D eigenvalue weighted by molar-refractivity contribution is 7.13. The number of piperazine rings is 1. The number of aromatic nitrogens is 1. The molecule has 0 aromatic carbocycles. The molecule has 0 amide bonds. The van der Waals surface area contributed by atoms with Crippen molar-refractivity contribution in [3.05, 3.63) is 34.0 Å². The molecule has 1 aliphatic rings. The van der Waals surface area contributed by atoms with Crippen molar-refractivity contribution in [2.45, 2.75) is 13.3 Å². The Bertz CT molecular complexity index is 600. The lowest BCUT2D eigenvalue weighted by Crippen LogP contribution is -2.51. The van der Waals surface area contributed by atoms with Gasteiger partial charge in [-0.25, -0.2) is 4.98 Å². The van der Waals surface area contributed by atoms with Crippen LogP contribution in [-0.2, 0) is 6.42 Å². The molecule has 1 atom stereocenters. The summed E-state index contributed by atoms with van der Waals surface area (Å²) in [6.45, 7) is 6.75. The molecule has 1 unspecified atom stereocenters. The minimum atomic E-state index is 0.517. The van der Waals surface area contributed by atoms with Crippen LogP contribution >= 0.6 is 22.7 Å². The number of guanidine groups is 1. The van der Waals surface area contributed by atoms with Gasteiger partial charge in [0.15, 0.2) is 11.1 Å². The van der Waals surface area contributed by atoms with Crippen molar-refractivity contribution in [2.75, 3.05) is 37.6 Å². The first-order valence-electron chi connectivity index (χ1n) is 7.94. The van der Waals surface area contributed by atoms with Crippen molar-refractivity contribution in [3.8, 4) is 0 Å². The molecule has 0 radical (unpaired) electrons. The van der Waals surface area contributed by atoms with E-state index in [4.69, 9.17) is 5.73 Å². The summed E-state index contributed by atoms with van der Waals surface area (Å²) < 4.78 is 0. The maximum Gasteiger partial charge on any atom is 0.191 e. The molecule has 1 fully saturated rings. The van der Waals surface area contributed by atoms with Gasteiger partial charge < -0.3 is 15.5 Å². The summed E-state index contributed by atoms with van der Waals surface area (Å²) in [5, 5.41) is 5.25. The van der Waals surface area contributed by atoms with Crippen molar-refractivity contribution in [1.29, 1.82) is 0 Å². The van der Waals surface area contributed by atoms with Crippen molar-refractivity contribution < 1.29 is 0 Å². The number of thiophene rings is 1. The first-order valence-corrected chi connectivity index (χ1v) is 9.70. The predicted molar refractivity (Wildman–Crippen MR) is 99.6 cm³/mol. The SMILES string of the molecule is CC(CN=C(N)N1CCN(c2nccs2)CC1)Cc1cccs1. The van der Waals surface area contributed by atoms with Crippen LogP contribution in [0.3, 0.4) is 0 Å². The molecule has 124 valence electrons. The van der Waals surface area contributed by atoms with Crippen LogP contribution in [0.1, 0.15) is 11.8 Å². The largest absolute Gasteiger partial charge is 0.370 e. The fourth-order valence-corrected chi connectivity index (χ4v) is 4.25. The lowest BCUT2D eigenvalue weighted by atomic mass is 10.1. The van der Waals surface area contributed by atoms with Gasteiger partial charge in [-0.1, -0.05) is 13.0 Å². The van der Waals surface area contributed by atoms with Crippen LogP contribution in [0.15, 0.2) is 34.1 Å². The van der Waals surface area contributed by atoms with E-state index in [2.05, 4.69) is 44.2 Å². The van der Waals surface area contributed by atoms with Gasteiger partial charge in [-0.3, -0.25) is 4.99 Å². The smallest absolute Gasteiger partial charge is 0.191 e. The Hall–Kier alpha value is -1.60. The van der Waals surface area contributed by atoms with E-state index in [-0.39, 0.29) is 0 Å². The van der Waals surface area contributed by atoms with Crippen LogP contribution in [0.4, 0.5) is 5.13 Å². The minimum absolute atomic E-state index is 0.517. The van der Waals surface area contributed by atoms with Gasteiger partial charge in [-0.05, 0) is 23.8 Å². The Morgan fingerprint density at radius 2 is 2.13 bits per heavy atom. The highest BCUT2D eigenvalue weighted by Crippen LogP contribution is 2.19. The zero-order valence-corrected chi connectivity index (χ0v) is 15.0. The monoisotopic (exact) mass is 349 g/mol. The molecule has 0 aliphatic carbocycles. The van der Waals surface area contributed by atoms with Gasteiger partial charge in [-0.15, -0.1) is 22.7 Å². The summed E-state index contributed by atoms with van der Waals surface area (Å²) in [4.78, 5) is 14.9. The molecule has 0 saturated carbocycles. The molecular weight excluding hydrogens is 326 g/mol. The third-order valence-electron chi connectivity index (χ3n) is 3.99. The van der Waals surface area contributed by atoms with E-state index in [1.54, 1.807) is 11.3 Å². The Balaban J connectivity index is 1.46. The van der Waals surface area contributed by atoms with Crippen LogP contribution in [0.2, 0.25) is 0 Å². The average Bonchev–Trinajstić information content (AvgIpc) is 3.26. The molecule has 1 aliphatic heterocycles. The standard InChI is InChI=1S/C16H23N5S2/c1-13(11-14-3-2-9-22-14)12-19-15(17)20-5-7-21(8-6-20)16-18-4-10-23-16/h2-4,9-10,13H,5-8,11-12H2,1H3,(H2,17,19). The zero-order chi connectivity index (χ0) is 16.1. The summed E-state index contributed by atoms with van der Waals surface area (Å²) in [7, 11) is 0. The van der Waals surface area contributed by atoms with Crippen LogP contribution < -0.4 is 10.6 Å². The number of nitrogens with zero attached hydrogens (tertiary/aromatic N) is 4. The van der Waals surface area contributed by atoms with Crippen LogP contribution in [-0.4, -0.2) is 48.6 Å². The van der Waals surface area contributed by atoms with Gasteiger partial charge in [0.1, 0.15) is 0 Å². The summed E-state index contributed by atoms with van der Waals surface area (Å²) in [5.74, 6) is 1.20. The molecule has 3 rings (SSSR count). The number of thiazole rings is 1. The fraction of sp³-hybridized carbons (Fsp3) is 0.500. The third-order valence-corrected chi connectivity index (χ3v) is 5.72. The van der Waals surface area contributed by atoms with Gasteiger partial charge in [-0.2, -0.15) is 0 Å². The van der Waals surface area contributed by atoms with Gasteiger partial charge in [0.05, 0.1) is 0 Å². The van der Waals surface area contributed by atoms with E-state index in [0.29, 0.717) is 11.9 Å². The zero-order valence-electron chi connectivity index (χ0n) is 13.4. The molecular formula is C16H23N5S2. The van der Waals surface area contributed by atoms with Crippen molar-refractivity contribution in [3.63, 3.8) is 0 Å². The van der Waals surface area contributed by atoms with E-state index in [1.165, 1.54) is 4.88 Å². The van der Waals surface area contributed by atoms with E-state index in [0.717, 1.165) is 44.3 Å². The normalized spacial score (nSPS) is 17.5. The summed E-state index contributed by atoms with van der Waals surface area (Å²) in [5.41, 5.74) is 6.18. The van der Waals surface area contributed by atoms with Crippen LogP contribution in [0.5, 0.6) is 0 Å². The molecule has 3 heterocycles. The second-order valence-corrected chi connectivity index (χ2v) is 7.78. The number of hydrogen-bond donors (Lipinski definition) is 1. The molecule has 2 N–H and O–H groups in total. The quantitative estimate of drug-likeness (QED) is 0.666. The Morgan fingerprint density at radius 1 is 1.30 bits per heavy atom. The molecule has 2 aromatic heterocycles. The lowest BCUT2D eigenvalue weighted by molar-refractivity contribution is 0.379. The number of nitrogens with two attached hydrogens (primary N) is 1. The van der Waals surface area contributed by atoms with Gasteiger partial charge >= 0.3 is 0 Å². The Kier molecular flexibility index (Phi) is 5.51. The highest BCUT2D eigenvalue weighted by Gasteiger charge is 2.19. The minimum Gasteiger partial charge on any atom is -0.370 e. The molecule has 0 spiro atoms. The van der Waals surface area contributed by atoms with Crippen LogP contribution in [0.25, 0.3) is 0 Å². The topological polar surface area (TPSA) is 57.8 Å². The van der Waals surface area contributed by atoms with E-state index in [1.807, 2.05) is 22.9 Å². The molecule has 2 aromatic rings. The fourth-order valence-electron chi connectivity index (χ4n) is 2.69. The second kappa shape index (κ2) is 7.79. The van der Waals surface area contributed by atoms with E-state index >= 15 is 0 Å². The summed E-state index contributed by atoms with van der Waals surface area (Å²) in [6, 6.07) is 4.29. The first-order chi connectivity index (χ1) is 11.2. The summed E-state index contributed by atoms with van der Waals surface area (Å²) >= 11 is 3.50. The molecule has 0 bridgehead atoms. The Labute approximate surface area is 145 Å². The first kappa shape index (κ1) is 16.3. The number of anilines is 1. The maximum absolute atomic E-state index is 6.18. The van der Waals surface area contributed by atoms with Gasteiger partial charge in [0.25, 0.3) is 0 Å². The highest BCUT2D eigenvalue weighted by atomic mass is 32.1. The van der Waals surface area contributed by atoms with Gasteiger partial charge in [0, 0.05) is 49.2 Å². The number of rotatable bonds is 5. The lowest BCUT2D eigenvalue weighted by Gasteiger charge is -2.35. The molecule has 5 nitrogen and oxygen atoms in total. The van der Waals surface area contributed by atoms with Crippen LogP contribution in [0, 0.1) is 5.92 Å². The molecule has 1 saturated heterocycles. The summed E-state index contributed by atoms with van der Waals surface area (Å²) in [6.07, 6.45) is 2.93. The van der Waals surface area contributed by atoms with E-state index in [9.17, 15) is 0 Å². The Morgan fingerprint density at radius 3 is 2.78 bits per heavy atom. The maximum atomic E-state index is 6.18. The van der Waals surface area contributed by atoms with Crippen molar-refractivity contribution >= 4 is 33.8 Å².